The molecule has 0 aliphatic rings. The van der Waals surface area contributed by atoms with E-state index < -0.39 is 0 Å². The van der Waals surface area contributed by atoms with Crippen molar-refractivity contribution in [1.82, 2.24) is 0 Å². The number of nitrogens with zero attached hydrogens (tertiary/aromatic N) is 1. The summed E-state index contributed by atoms with van der Waals surface area (Å²) in [6.45, 7) is 2.95. The summed E-state index contributed by atoms with van der Waals surface area (Å²) in [7, 11) is 0. The maximum atomic E-state index is 8.80. The predicted octanol–water partition coefficient (Wildman–Crippen LogP) is 4.45. The van der Waals surface area contributed by atoms with Gasteiger partial charge in [0.25, 0.3) is 0 Å². The molecule has 1 heterocycles. The summed E-state index contributed by atoms with van der Waals surface area (Å²) in [5.74, 6) is 0. The van der Waals surface area contributed by atoms with Gasteiger partial charge in [0.05, 0.1) is 10.6 Å². The molecular formula is C14H13ClN2S. The van der Waals surface area contributed by atoms with Crippen molar-refractivity contribution < 1.29 is 0 Å². The summed E-state index contributed by atoms with van der Waals surface area (Å²) in [4.78, 5) is 1.35. The van der Waals surface area contributed by atoms with Crippen molar-refractivity contribution in [2.45, 2.75) is 19.9 Å². The summed E-state index contributed by atoms with van der Waals surface area (Å²) in [6.07, 6.45) is 1.05. The average Bonchev–Trinajstić information content (AvgIpc) is 2.84. The van der Waals surface area contributed by atoms with Gasteiger partial charge in [-0.05, 0) is 41.6 Å². The van der Waals surface area contributed by atoms with Gasteiger partial charge in [0.1, 0.15) is 6.07 Å². The second kappa shape index (κ2) is 5.90. The molecule has 0 atom stereocenters. The number of halogens is 1. The highest BCUT2D eigenvalue weighted by molar-refractivity contribution is 7.10. The van der Waals surface area contributed by atoms with Gasteiger partial charge in [-0.15, -0.1) is 11.3 Å². The van der Waals surface area contributed by atoms with E-state index in [0.717, 1.165) is 18.7 Å². The van der Waals surface area contributed by atoms with E-state index in [2.05, 4.69) is 29.8 Å². The van der Waals surface area contributed by atoms with Gasteiger partial charge >= 0.3 is 0 Å². The van der Waals surface area contributed by atoms with Crippen LogP contribution in [0.15, 0.2) is 29.6 Å². The molecule has 0 saturated heterocycles. The third-order valence-electron chi connectivity index (χ3n) is 2.76. The summed E-state index contributed by atoms with van der Waals surface area (Å²) >= 11 is 7.75. The Bertz CT molecular complexity index is 584. The van der Waals surface area contributed by atoms with Crippen LogP contribution in [0.1, 0.15) is 22.9 Å². The Morgan fingerprint density at radius 1 is 1.39 bits per heavy atom. The predicted molar refractivity (Wildman–Crippen MR) is 77.2 cm³/mol. The molecule has 0 aliphatic carbocycles. The highest BCUT2D eigenvalue weighted by Gasteiger charge is 2.04. The van der Waals surface area contributed by atoms with Crippen molar-refractivity contribution in [2.75, 3.05) is 5.32 Å². The van der Waals surface area contributed by atoms with Crippen LogP contribution in [0.5, 0.6) is 0 Å². The number of hydrogen-bond acceptors (Lipinski definition) is 3. The number of hydrogen-bond donors (Lipinski definition) is 1. The standard InChI is InChI=1S/C14H13ClN2S/c1-2-10-5-6-18-14(10)9-17-12-4-3-11(8-16)13(15)7-12/h3-7,17H,2,9H2,1H3. The second-order valence-electron chi connectivity index (χ2n) is 3.88. The molecule has 18 heavy (non-hydrogen) atoms. The van der Waals surface area contributed by atoms with Crippen molar-refractivity contribution in [1.29, 1.82) is 5.26 Å². The van der Waals surface area contributed by atoms with Crippen molar-refractivity contribution in [3.63, 3.8) is 0 Å². The zero-order valence-electron chi connectivity index (χ0n) is 10.0. The second-order valence-corrected chi connectivity index (χ2v) is 5.29. The van der Waals surface area contributed by atoms with E-state index in [1.54, 1.807) is 23.5 Å². The molecule has 4 heteroatoms. The average molecular weight is 277 g/mol. The number of nitriles is 1. The number of anilines is 1. The van der Waals surface area contributed by atoms with E-state index in [9.17, 15) is 0 Å². The quantitative estimate of drug-likeness (QED) is 0.896. The van der Waals surface area contributed by atoms with Gasteiger partial charge in [-0.1, -0.05) is 18.5 Å². The summed E-state index contributed by atoms with van der Waals surface area (Å²) in [5.41, 5.74) is 2.83. The topological polar surface area (TPSA) is 35.8 Å². The smallest absolute Gasteiger partial charge is 0.101 e. The fourth-order valence-electron chi connectivity index (χ4n) is 1.74. The molecule has 0 aliphatic heterocycles. The molecule has 0 fully saturated rings. The maximum Gasteiger partial charge on any atom is 0.101 e. The van der Waals surface area contributed by atoms with Crippen LogP contribution < -0.4 is 5.32 Å². The lowest BCUT2D eigenvalue weighted by molar-refractivity contribution is 1.08. The lowest BCUT2D eigenvalue weighted by Gasteiger charge is -2.07. The molecule has 0 radical (unpaired) electrons. The molecule has 92 valence electrons. The van der Waals surface area contributed by atoms with Crippen molar-refractivity contribution in [3.05, 3.63) is 50.7 Å². The van der Waals surface area contributed by atoms with Crippen LogP contribution in [-0.4, -0.2) is 0 Å². The fourth-order valence-corrected chi connectivity index (χ4v) is 2.87. The summed E-state index contributed by atoms with van der Waals surface area (Å²) < 4.78 is 0. The third kappa shape index (κ3) is 2.84. The Labute approximate surface area is 116 Å². The van der Waals surface area contributed by atoms with Crippen LogP contribution in [-0.2, 0) is 13.0 Å². The normalized spacial score (nSPS) is 10.1. The Kier molecular flexibility index (Phi) is 4.24. The van der Waals surface area contributed by atoms with E-state index >= 15 is 0 Å². The largest absolute Gasteiger partial charge is 0.380 e. The van der Waals surface area contributed by atoms with E-state index in [4.69, 9.17) is 16.9 Å². The molecule has 1 aromatic heterocycles. The van der Waals surface area contributed by atoms with Gasteiger partial charge in [0.15, 0.2) is 0 Å². The van der Waals surface area contributed by atoms with E-state index in [1.165, 1.54) is 10.4 Å². The SMILES string of the molecule is CCc1ccsc1CNc1ccc(C#N)c(Cl)c1. The molecule has 0 unspecified atom stereocenters. The monoisotopic (exact) mass is 276 g/mol. The highest BCUT2D eigenvalue weighted by atomic mass is 35.5. The fraction of sp³-hybridized carbons (Fsp3) is 0.214. The van der Waals surface area contributed by atoms with Crippen LogP contribution in [0.3, 0.4) is 0 Å². The first-order valence-corrected chi connectivity index (χ1v) is 6.99. The molecule has 1 aromatic carbocycles. The van der Waals surface area contributed by atoms with E-state index in [0.29, 0.717) is 10.6 Å². The Balaban J connectivity index is 2.07. The number of nitrogens with one attached hydrogen (secondary N) is 1. The zero-order chi connectivity index (χ0) is 13.0. The first-order valence-electron chi connectivity index (χ1n) is 5.73. The molecule has 2 aromatic rings. The van der Waals surface area contributed by atoms with Crippen molar-refractivity contribution in [3.8, 4) is 6.07 Å². The van der Waals surface area contributed by atoms with Crippen LogP contribution in [0, 0.1) is 11.3 Å². The van der Waals surface area contributed by atoms with Crippen LogP contribution in [0.4, 0.5) is 5.69 Å². The molecular weight excluding hydrogens is 264 g/mol. The van der Waals surface area contributed by atoms with Crippen molar-refractivity contribution in [2.24, 2.45) is 0 Å². The Hall–Kier alpha value is -1.50. The highest BCUT2D eigenvalue weighted by Crippen LogP contribution is 2.22. The molecule has 0 amide bonds. The molecule has 2 nitrogen and oxygen atoms in total. The lowest BCUT2D eigenvalue weighted by Crippen LogP contribution is -1.99. The van der Waals surface area contributed by atoms with Crippen LogP contribution >= 0.6 is 22.9 Å². The van der Waals surface area contributed by atoms with Gasteiger partial charge in [-0.3, -0.25) is 0 Å². The number of thiophene rings is 1. The summed E-state index contributed by atoms with van der Waals surface area (Å²) in [5, 5.41) is 14.7. The van der Waals surface area contributed by atoms with E-state index in [1.807, 2.05) is 6.07 Å². The number of rotatable bonds is 4. The van der Waals surface area contributed by atoms with Gasteiger partial charge in [0, 0.05) is 17.1 Å². The summed E-state index contributed by atoms with van der Waals surface area (Å²) in [6, 6.07) is 9.62. The minimum Gasteiger partial charge on any atom is -0.380 e. The van der Waals surface area contributed by atoms with Gasteiger partial charge in [0.2, 0.25) is 0 Å². The maximum absolute atomic E-state index is 8.80. The zero-order valence-corrected chi connectivity index (χ0v) is 11.6. The molecule has 1 N–H and O–H groups in total. The van der Waals surface area contributed by atoms with Gasteiger partial charge in [-0.2, -0.15) is 5.26 Å². The van der Waals surface area contributed by atoms with Gasteiger partial charge in [-0.25, -0.2) is 0 Å². The molecule has 0 saturated carbocycles. The lowest BCUT2D eigenvalue weighted by atomic mass is 10.2. The number of aryl methyl sites for hydroxylation is 1. The minimum atomic E-state index is 0.490. The molecule has 0 bridgehead atoms. The molecule has 2 rings (SSSR count). The number of benzene rings is 1. The van der Waals surface area contributed by atoms with Crippen LogP contribution in [0.2, 0.25) is 5.02 Å². The first kappa shape index (κ1) is 12.9. The van der Waals surface area contributed by atoms with Crippen molar-refractivity contribution >= 4 is 28.6 Å². The third-order valence-corrected chi connectivity index (χ3v) is 4.04. The van der Waals surface area contributed by atoms with Crippen LogP contribution in [0.25, 0.3) is 0 Å². The van der Waals surface area contributed by atoms with Gasteiger partial charge < -0.3 is 5.32 Å². The van der Waals surface area contributed by atoms with E-state index in [-0.39, 0.29) is 0 Å². The first-order chi connectivity index (χ1) is 8.74. The minimum absolute atomic E-state index is 0.490. The molecule has 0 spiro atoms. The Morgan fingerprint density at radius 3 is 2.89 bits per heavy atom. The Morgan fingerprint density at radius 2 is 2.22 bits per heavy atom.